The Morgan fingerprint density at radius 1 is 1.14 bits per heavy atom. The fourth-order valence-electron chi connectivity index (χ4n) is 4.53. The first-order valence-electron chi connectivity index (χ1n) is 8.03. The van der Waals surface area contributed by atoms with Crippen LogP contribution < -0.4 is 0 Å². The van der Waals surface area contributed by atoms with Crippen molar-refractivity contribution in [3.8, 4) is 0 Å². The van der Waals surface area contributed by atoms with Crippen LogP contribution >= 0.6 is 0 Å². The first kappa shape index (κ1) is 13.3. The predicted octanol–water partition coefficient (Wildman–Crippen LogP) is 1.76. The molecular weight excluding hydrogens is 264 g/mol. The molecule has 2 bridgehead atoms. The lowest BCUT2D eigenvalue weighted by molar-refractivity contribution is -0.147. The van der Waals surface area contributed by atoms with Crippen LogP contribution in [0.3, 0.4) is 0 Å². The Kier molecular flexibility index (Phi) is 3.23. The summed E-state index contributed by atoms with van der Waals surface area (Å²) >= 11 is 0. The highest BCUT2D eigenvalue weighted by atomic mass is 16.4. The summed E-state index contributed by atoms with van der Waals surface area (Å²) in [7, 11) is 0. The molecule has 5 rings (SSSR count). The Balaban J connectivity index is 1.68. The third kappa shape index (κ3) is 2.17. The maximum absolute atomic E-state index is 11.9. The number of aliphatic carboxylic acids is 1. The molecule has 4 aliphatic rings. The molecule has 1 N–H and O–H groups in total. The number of benzene rings is 1. The van der Waals surface area contributed by atoms with Gasteiger partial charge in [-0.3, -0.25) is 9.69 Å². The number of carbonyl (C=O) groups is 1. The topological polar surface area (TPSA) is 43.8 Å². The maximum Gasteiger partial charge on any atom is 0.325 e. The minimum atomic E-state index is -0.696. The number of hydrogen-bond acceptors (Lipinski definition) is 3. The van der Waals surface area contributed by atoms with Crippen LogP contribution in [-0.2, 0) is 11.2 Å². The van der Waals surface area contributed by atoms with E-state index in [1.807, 2.05) is 18.2 Å². The van der Waals surface area contributed by atoms with Crippen LogP contribution in [0.2, 0.25) is 0 Å². The second-order valence-corrected chi connectivity index (χ2v) is 6.63. The molecule has 4 aliphatic heterocycles. The maximum atomic E-state index is 11.9. The zero-order valence-corrected chi connectivity index (χ0v) is 12.2. The van der Waals surface area contributed by atoms with Crippen LogP contribution in [0.15, 0.2) is 24.3 Å². The minimum absolute atomic E-state index is 0.418. The number of fused-ring (bicyclic) bond motifs is 4. The molecule has 3 saturated heterocycles. The average molecular weight is 286 g/mol. The van der Waals surface area contributed by atoms with Gasteiger partial charge in [0.05, 0.1) is 0 Å². The number of hydrogen-bond donors (Lipinski definition) is 1. The molecule has 4 heteroatoms. The summed E-state index contributed by atoms with van der Waals surface area (Å²) in [4.78, 5) is 16.7. The normalized spacial score (nSPS) is 35.4. The number of carboxylic acids is 1. The van der Waals surface area contributed by atoms with Gasteiger partial charge in [-0.15, -0.1) is 0 Å². The monoisotopic (exact) mass is 286 g/mol. The SMILES string of the molecule is O=C(O)C1c2ccccc2CCN1C1CN2CCC1CC2. The molecule has 0 spiro atoms. The Morgan fingerprint density at radius 3 is 2.57 bits per heavy atom. The molecule has 1 aromatic carbocycles. The van der Waals surface area contributed by atoms with E-state index in [0.29, 0.717) is 12.0 Å². The second kappa shape index (κ2) is 5.11. The van der Waals surface area contributed by atoms with Crippen molar-refractivity contribution in [1.29, 1.82) is 0 Å². The summed E-state index contributed by atoms with van der Waals surface area (Å²) in [5, 5.41) is 9.80. The van der Waals surface area contributed by atoms with Crippen molar-refractivity contribution >= 4 is 5.97 Å². The highest BCUT2D eigenvalue weighted by molar-refractivity contribution is 5.76. The van der Waals surface area contributed by atoms with E-state index in [1.165, 1.54) is 31.5 Å². The molecule has 0 aromatic heterocycles. The predicted molar refractivity (Wildman–Crippen MR) is 80.2 cm³/mol. The highest BCUT2D eigenvalue weighted by Gasteiger charge is 2.43. The van der Waals surface area contributed by atoms with E-state index in [1.54, 1.807) is 0 Å². The molecule has 0 radical (unpaired) electrons. The fraction of sp³-hybridized carbons (Fsp3) is 0.588. The number of carboxylic acid groups (broad SMARTS) is 1. The summed E-state index contributed by atoms with van der Waals surface area (Å²) in [6.07, 6.45) is 3.44. The van der Waals surface area contributed by atoms with Crippen molar-refractivity contribution in [3.05, 3.63) is 35.4 Å². The highest BCUT2D eigenvalue weighted by Crippen LogP contribution is 2.38. The average Bonchev–Trinajstić information content (AvgIpc) is 2.54. The van der Waals surface area contributed by atoms with Crippen molar-refractivity contribution in [2.24, 2.45) is 5.92 Å². The molecule has 0 saturated carbocycles. The molecule has 3 fully saturated rings. The van der Waals surface area contributed by atoms with E-state index in [2.05, 4.69) is 15.9 Å². The van der Waals surface area contributed by atoms with E-state index >= 15 is 0 Å². The van der Waals surface area contributed by atoms with Gasteiger partial charge in [0, 0.05) is 19.1 Å². The number of piperidine rings is 3. The second-order valence-electron chi connectivity index (χ2n) is 6.63. The molecule has 21 heavy (non-hydrogen) atoms. The molecule has 0 amide bonds. The largest absolute Gasteiger partial charge is 0.480 e. The van der Waals surface area contributed by atoms with Gasteiger partial charge in [-0.2, -0.15) is 0 Å². The third-order valence-corrected chi connectivity index (χ3v) is 5.60. The summed E-state index contributed by atoms with van der Waals surface area (Å²) < 4.78 is 0. The Morgan fingerprint density at radius 2 is 1.90 bits per heavy atom. The van der Waals surface area contributed by atoms with E-state index < -0.39 is 12.0 Å². The minimum Gasteiger partial charge on any atom is -0.480 e. The smallest absolute Gasteiger partial charge is 0.325 e. The van der Waals surface area contributed by atoms with Crippen molar-refractivity contribution in [2.75, 3.05) is 26.2 Å². The van der Waals surface area contributed by atoms with Crippen LogP contribution in [-0.4, -0.2) is 53.1 Å². The van der Waals surface area contributed by atoms with E-state index in [0.717, 1.165) is 25.1 Å². The number of rotatable bonds is 2. The lowest BCUT2D eigenvalue weighted by Gasteiger charge is -2.51. The molecule has 2 atom stereocenters. The van der Waals surface area contributed by atoms with Crippen molar-refractivity contribution < 1.29 is 9.90 Å². The Hall–Kier alpha value is -1.39. The van der Waals surface area contributed by atoms with Crippen molar-refractivity contribution in [3.63, 3.8) is 0 Å². The van der Waals surface area contributed by atoms with Gasteiger partial charge >= 0.3 is 5.97 Å². The van der Waals surface area contributed by atoms with Crippen LogP contribution in [0.25, 0.3) is 0 Å². The van der Waals surface area contributed by atoms with E-state index in [-0.39, 0.29) is 0 Å². The van der Waals surface area contributed by atoms with Gasteiger partial charge in [-0.1, -0.05) is 24.3 Å². The molecular formula is C17H22N2O2. The third-order valence-electron chi connectivity index (χ3n) is 5.60. The summed E-state index contributed by atoms with van der Waals surface area (Å²) in [6.45, 7) is 4.33. The molecule has 4 heterocycles. The van der Waals surface area contributed by atoms with Crippen molar-refractivity contribution in [1.82, 2.24) is 9.80 Å². The zero-order valence-electron chi connectivity index (χ0n) is 12.2. The molecule has 1 aromatic rings. The van der Waals surface area contributed by atoms with Gasteiger partial charge in [0.25, 0.3) is 0 Å². The Labute approximate surface area is 125 Å². The summed E-state index contributed by atoms with van der Waals surface area (Å²) in [5.41, 5.74) is 2.22. The first-order chi connectivity index (χ1) is 10.2. The molecule has 2 unspecified atom stereocenters. The van der Waals surface area contributed by atoms with Crippen LogP contribution in [0, 0.1) is 5.92 Å². The molecule has 0 aliphatic carbocycles. The zero-order chi connectivity index (χ0) is 14.4. The first-order valence-corrected chi connectivity index (χ1v) is 8.03. The van der Waals surface area contributed by atoms with Gasteiger partial charge in [-0.25, -0.2) is 0 Å². The van der Waals surface area contributed by atoms with Crippen LogP contribution in [0.4, 0.5) is 0 Å². The van der Waals surface area contributed by atoms with Crippen molar-refractivity contribution in [2.45, 2.75) is 31.3 Å². The van der Waals surface area contributed by atoms with Crippen LogP contribution in [0.5, 0.6) is 0 Å². The Bertz CT molecular complexity index is 551. The fourth-order valence-corrected chi connectivity index (χ4v) is 4.53. The van der Waals surface area contributed by atoms with Gasteiger partial charge in [-0.05, 0) is 49.4 Å². The quantitative estimate of drug-likeness (QED) is 0.900. The summed E-state index contributed by atoms with van der Waals surface area (Å²) in [6, 6.07) is 8.03. The summed E-state index contributed by atoms with van der Waals surface area (Å²) in [5.74, 6) is -0.0132. The lowest BCUT2D eigenvalue weighted by atomic mass is 9.80. The van der Waals surface area contributed by atoms with Gasteiger partial charge < -0.3 is 10.0 Å². The lowest BCUT2D eigenvalue weighted by Crippen LogP contribution is -2.59. The van der Waals surface area contributed by atoms with Crippen LogP contribution in [0.1, 0.15) is 30.0 Å². The number of nitrogens with zero attached hydrogens (tertiary/aromatic N) is 2. The molecule has 4 nitrogen and oxygen atoms in total. The van der Waals surface area contributed by atoms with E-state index in [4.69, 9.17) is 0 Å². The standard InChI is InChI=1S/C17H22N2O2/c20-17(21)16-14-4-2-1-3-12(14)7-10-19(16)15-11-18-8-5-13(15)6-9-18/h1-4,13,15-16H,5-11H2,(H,20,21). The van der Waals surface area contributed by atoms with Gasteiger partial charge in [0.1, 0.15) is 6.04 Å². The molecule has 112 valence electrons. The van der Waals surface area contributed by atoms with E-state index in [9.17, 15) is 9.90 Å². The van der Waals surface area contributed by atoms with Gasteiger partial charge in [0.2, 0.25) is 0 Å². The van der Waals surface area contributed by atoms with Gasteiger partial charge in [0.15, 0.2) is 0 Å².